The fourth-order valence-corrected chi connectivity index (χ4v) is 1.69. The topological polar surface area (TPSA) is 47.9 Å². The zero-order valence-corrected chi connectivity index (χ0v) is 11.8. The average Bonchev–Trinajstić information content (AvgIpc) is 2.46. The first-order valence-corrected chi connectivity index (χ1v) is 6.76. The van der Waals surface area contributed by atoms with Crippen molar-refractivity contribution in [3.63, 3.8) is 0 Å². The average molecular weight is 268 g/mol. The van der Waals surface area contributed by atoms with E-state index in [0.29, 0.717) is 19.0 Å². The molecule has 0 saturated carbocycles. The molecule has 1 unspecified atom stereocenters. The van der Waals surface area contributed by atoms with Gasteiger partial charge in [0.15, 0.2) is 0 Å². The zero-order valence-electron chi connectivity index (χ0n) is 11.8. The second-order valence-electron chi connectivity index (χ2n) is 4.30. The summed E-state index contributed by atoms with van der Waals surface area (Å²) >= 11 is 0. The molecule has 0 heterocycles. The van der Waals surface area contributed by atoms with Gasteiger partial charge in [-0.3, -0.25) is 0 Å². The van der Waals surface area contributed by atoms with Crippen LogP contribution < -0.4 is 4.74 Å². The Morgan fingerprint density at radius 3 is 2.58 bits per heavy atom. The summed E-state index contributed by atoms with van der Waals surface area (Å²) in [5, 5.41) is 10.0. The standard InChI is InChI=1S/C15H24O4/c1-3-4-9-18-10-11-19-12-14(16)13-7-5-6-8-15(13)17-2/h5-8,14,16H,3-4,9-12H2,1-2H3. The van der Waals surface area contributed by atoms with Crippen molar-refractivity contribution in [3.05, 3.63) is 29.8 Å². The van der Waals surface area contributed by atoms with Crippen LogP contribution in [0.3, 0.4) is 0 Å². The molecule has 0 spiro atoms. The highest BCUT2D eigenvalue weighted by Crippen LogP contribution is 2.24. The first kappa shape index (κ1) is 16.0. The van der Waals surface area contributed by atoms with Crippen LogP contribution >= 0.6 is 0 Å². The van der Waals surface area contributed by atoms with Crippen molar-refractivity contribution in [2.45, 2.75) is 25.9 Å². The molecule has 4 nitrogen and oxygen atoms in total. The lowest BCUT2D eigenvalue weighted by Gasteiger charge is -2.14. The fourth-order valence-electron chi connectivity index (χ4n) is 1.69. The Balaban J connectivity index is 2.22. The maximum Gasteiger partial charge on any atom is 0.124 e. The van der Waals surface area contributed by atoms with Gasteiger partial charge < -0.3 is 19.3 Å². The summed E-state index contributed by atoms with van der Waals surface area (Å²) < 4.78 is 16.0. The third-order valence-electron chi connectivity index (χ3n) is 2.79. The number of rotatable bonds is 10. The Hall–Kier alpha value is -1.10. The molecule has 19 heavy (non-hydrogen) atoms. The number of para-hydroxylation sites is 1. The number of aliphatic hydroxyl groups is 1. The van der Waals surface area contributed by atoms with Gasteiger partial charge in [0.05, 0.1) is 26.9 Å². The fraction of sp³-hybridized carbons (Fsp3) is 0.600. The van der Waals surface area contributed by atoms with E-state index in [4.69, 9.17) is 14.2 Å². The molecule has 0 bridgehead atoms. The van der Waals surface area contributed by atoms with E-state index in [1.54, 1.807) is 7.11 Å². The number of ether oxygens (including phenoxy) is 3. The Bertz CT molecular complexity index is 341. The molecule has 1 aromatic carbocycles. The number of hydrogen-bond donors (Lipinski definition) is 1. The normalized spacial score (nSPS) is 12.4. The van der Waals surface area contributed by atoms with E-state index in [2.05, 4.69) is 6.92 Å². The minimum atomic E-state index is -0.674. The number of benzene rings is 1. The van der Waals surface area contributed by atoms with Crippen LogP contribution in [0.5, 0.6) is 5.75 Å². The molecular formula is C15H24O4. The van der Waals surface area contributed by atoms with Crippen molar-refractivity contribution in [3.8, 4) is 5.75 Å². The SMILES string of the molecule is CCCCOCCOCC(O)c1ccccc1OC. The van der Waals surface area contributed by atoms with Crippen molar-refractivity contribution in [1.82, 2.24) is 0 Å². The minimum Gasteiger partial charge on any atom is -0.496 e. The molecule has 0 aliphatic carbocycles. The van der Waals surface area contributed by atoms with E-state index in [1.807, 2.05) is 24.3 Å². The van der Waals surface area contributed by atoms with Crippen LogP contribution in [-0.2, 0) is 9.47 Å². The highest BCUT2D eigenvalue weighted by atomic mass is 16.5. The first-order chi connectivity index (χ1) is 9.29. The largest absolute Gasteiger partial charge is 0.496 e. The van der Waals surface area contributed by atoms with Gasteiger partial charge in [0.1, 0.15) is 11.9 Å². The number of aliphatic hydroxyl groups excluding tert-OH is 1. The van der Waals surface area contributed by atoms with Crippen molar-refractivity contribution in [2.24, 2.45) is 0 Å². The molecule has 0 saturated heterocycles. The molecule has 0 aliphatic heterocycles. The predicted molar refractivity (Wildman–Crippen MR) is 74.5 cm³/mol. The lowest BCUT2D eigenvalue weighted by molar-refractivity contribution is 0.00212. The quantitative estimate of drug-likeness (QED) is 0.663. The van der Waals surface area contributed by atoms with E-state index in [9.17, 15) is 5.11 Å². The summed E-state index contributed by atoms with van der Waals surface area (Å²) in [7, 11) is 1.59. The van der Waals surface area contributed by atoms with Crippen LogP contribution in [0.25, 0.3) is 0 Å². The number of hydrogen-bond acceptors (Lipinski definition) is 4. The van der Waals surface area contributed by atoms with Gasteiger partial charge in [-0.15, -0.1) is 0 Å². The van der Waals surface area contributed by atoms with Gasteiger partial charge in [0, 0.05) is 12.2 Å². The molecule has 0 radical (unpaired) electrons. The molecule has 108 valence electrons. The van der Waals surface area contributed by atoms with Crippen molar-refractivity contribution >= 4 is 0 Å². The molecule has 1 N–H and O–H groups in total. The van der Waals surface area contributed by atoms with Gasteiger partial charge in [-0.05, 0) is 12.5 Å². The van der Waals surface area contributed by atoms with E-state index in [-0.39, 0.29) is 6.61 Å². The summed E-state index contributed by atoms with van der Waals surface area (Å²) in [6.07, 6.45) is 1.53. The third-order valence-corrected chi connectivity index (χ3v) is 2.79. The third kappa shape index (κ3) is 6.05. The lowest BCUT2D eigenvalue weighted by atomic mass is 10.1. The predicted octanol–water partition coefficient (Wildman–Crippen LogP) is 2.56. The summed E-state index contributed by atoms with van der Waals surface area (Å²) in [4.78, 5) is 0. The summed E-state index contributed by atoms with van der Waals surface area (Å²) in [6, 6.07) is 7.41. The van der Waals surface area contributed by atoms with Gasteiger partial charge in [-0.25, -0.2) is 0 Å². The first-order valence-electron chi connectivity index (χ1n) is 6.76. The Labute approximate surface area is 115 Å². The zero-order chi connectivity index (χ0) is 13.9. The minimum absolute atomic E-state index is 0.248. The van der Waals surface area contributed by atoms with Crippen molar-refractivity contribution in [2.75, 3.05) is 33.5 Å². The van der Waals surface area contributed by atoms with Crippen LogP contribution in [0.2, 0.25) is 0 Å². The molecule has 0 fully saturated rings. The molecule has 1 rings (SSSR count). The van der Waals surface area contributed by atoms with Gasteiger partial charge in [-0.1, -0.05) is 31.5 Å². The summed E-state index contributed by atoms with van der Waals surface area (Å²) in [6.45, 7) is 4.21. The van der Waals surface area contributed by atoms with Gasteiger partial charge >= 0.3 is 0 Å². The van der Waals surface area contributed by atoms with E-state index in [1.165, 1.54) is 0 Å². The van der Waals surface area contributed by atoms with Crippen LogP contribution in [0.4, 0.5) is 0 Å². The van der Waals surface area contributed by atoms with Crippen LogP contribution in [0.15, 0.2) is 24.3 Å². The van der Waals surface area contributed by atoms with Gasteiger partial charge in [0.2, 0.25) is 0 Å². The van der Waals surface area contributed by atoms with Gasteiger partial charge in [0.25, 0.3) is 0 Å². The maximum absolute atomic E-state index is 10.0. The Morgan fingerprint density at radius 1 is 1.11 bits per heavy atom. The van der Waals surface area contributed by atoms with Crippen LogP contribution in [0.1, 0.15) is 31.4 Å². The maximum atomic E-state index is 10.0. The molecule has 0 aliphatic rings. The molecule has 0 aromatic heterocycles. The molecule has 4 heteroatoms. The lowest BCUT2D eigenvalue weighted by Crippen LogP contribution is -2.12. The second kappa shape index (κ2) is 9.78. The number of methoxy groups -OCH3 is 1. The Kier molecular flexibility index (Phi) is 8.21. The van der Waals surface area contributed by atoms with E-state index < -0.39 is 6.10 Å². The molecule has 0 amide bonds. The summed E-state index contributed by atoms with van der Waals surface area (Å²) in [5.41, 5.74) is 0.747. The Morgan fingerprint density at radius 2 is 1.84 bits per heavy atom. The molecule has 1 aromatic rings. The smallest absolute Gasteiger partial charge is 0.124 e. The highest BCUT2D eigenvalue weighted by molar-refractivity contribution is 5.34. The second-order valence-corrected chi connectivity index (χ2v) is 4.30. The van der Waals surface area contributed by atoms with E-state index >= 15 is 0 Å². The number of unbranched alkanes of at least 4 members (excludes halogenated alkanes) is 1. The van der Waals surface area contributed by atoms with E-state index in [0.717, 1.165) is 25.0 Å². The van der Waals surface area contributed by atoms with Crippen molar-refractivity contribution in [1.29, 1.82) is 0 Å². The van der Waals surface area contributed by atoms with Crippen LogP contribution in [0, 0.1) is 0 Å². The van der Waals surface area contributed by atoms with Gasteiger partial charge in [-0.2, -0.15) is 0 Å². The monoisotopic (exact) mass is 268 g/mol. The van der Waals surface area contributed by atoms with Crippen molar-refractivity contribution < 1.29 is 19.3 Å². The molecular weight excluding hydrogens is 244 g/mol. The summed E-state index contributed by atoms with van der Waals surface area (Å²) in [5.74, 6) is 0.679. The molecule has 1 atom stereocenters. The highest BCUT2D eigenvalue weighted by Gasteiger charge is 2.12. The van der Waals surface area contributed by atoms with Crippen LogP contribution in [-0.4, -0.2) is 38.6 Å².